The largest absolute Gasteiger partial charge is 0.349 e. The standard InChI is InChI=1S/C19H23N3O3S/c1-14-3-4-18(13-15(14)2)26(24,25)22-11-7-17(8-12-22)21-19(23)16-5-9-20-10-6-16/h3-6,9-10,13,17H,7-8,11-12H2,1-2H3,(H,21,23). The van der Waals surface area contributed by atoms with Gasteiger partial charge in [0.15, 0.2) is 0 Å². The number of carbonyl (C=O) groups is 1. The maximum atomic E-state index is 12.8. The molecule has 0 aliphatic carbocycles. The normalized spacial score (nSPS) is 16.4. The van der Waals surface area contributed by atoms with E-state index in [1.54, 1.807) is 36.7 Å². The van der Waals surface area contributed by atoms with Crippen molar-refractivity contribution in [2.75, 3.05) is 13.1 Å². The fourth-order valence-corrected chi connectivity index (χ4v) is 4.59. The van der Waals surface area contributed by atoms with Gasteiger partial charge in [-0.3, -0.25) is 9.78 Å². The average Bonchev–Trinajstić information content (AvgIpc) is 2.65. The molecule has 0 spiro atoms. The molecule has 2 aromatic rings. The molecule has 1 aromatic carbocycles. The molecule has 6 nitrogen and oxygen atoms in total. The molecule has 1 aromatic heterocycles. The Morgan fingerprint density at radius 2 is 1.73 bits per heavy atom. The number of aromatic nitrogens is 1. The van der Waals surface area contributed by atoms with E-state index in [-0.39, 0.29) is 11.9 Å². The van der Waals surface area contributed by atoms with Crippen molar-refractivity contribution >= 4 is 15.9 Å². The number of nitrogens with zero attached hydrogens (tertiary/aromatic N) is 2. The summed E-state index contributed by atoms with van der Waals surface area (Å²) in [5, 5.41) is 2.98. The molecule has 2 heterocycles. The molecule has 0 atom stereocenters. The summed E-state index contributed by atoms with van der Waals surface area (Å²) in [6.45, 7) is 4.67. The van der Waals surface area contributed by atoms with Gasteiger partial charge in [-0.15, -0.1) is 0 Å². The zero-order valence-electron chi connectivity index (χ0n) is 15.0. The second-order valence-corrected chi connectivity index (χ2v) is 8.57. The van der Waals surface area contributed by atoms with Gasteiger partial charge in [0.25, 0.3) is 5.91 Å². The van der Waals surface area contributed by atoms with E-state index in [9.17, 15) is 13.2 Å². The van der Waals surface area contributed by atoms with Gasteiger partial charge in [0.1, 0.15) is 0 Å². The minimum atomic E-state index is -3.49. The van der Waals surface area contributed by atoms with E-state index in [1.807, 2.05) is 19.9 Å². The topological polar surface area (TPSA) is 79.4 Å². The van der Waals surface area contributed by atoms with Crippen molar-refractivity contribution in [1.82, 2.24) is 14.6 Å². The molecule has 3 rings (SSSR count). The van der Waals surface area contributed by atoms with E-state index in [0.29, 0.717) is 36.4 Å². The van der Waals surface area contributed by atoms with Gasteiger partial charge in [-0.1, -0.05) is 6.07 Å². The first-order valence-electron chi connectivity index (χ1n) is 8.66. The third-order valence-corrected chi connectivity index (χ3v) is 6.74. The van der Waals surface area contributed by atoms with E-state index in [4.69, 9.17) is 0 Å². The molecule has 1 amide bonds. The molecule has 1 N–H and O–H groups in total. The molecule has 26 heavy (non-hydrogen) atoms. The predicted molar refractivity (Wildman–Crippen MR) is 99.4 cm³/mol. The van der Waals surface area contributed by atoms with Gasteiger partial charge in [0, 0.05) is 37.1 Å². The Morgan fingerprint density at radius 1 is 1.08 bits per heavy atom. The first kappa shape index (κ1) is 18.5. The molecule has 1 fully saturated rings. The Hall–Kier alpha value is -2.25. The maximum absolute atomic E-state index is 12.8. The highest BCUT2D eigenvalue weighted by Crippen LogP contribution is 2.22. The van der Waals surface area contributed by atoms with Gasteiger partial charge in [0.05, 0.1) is 4.90 Å². The minimum Gasteiger partial charge on any atom is -0.349 e. The first-order valence-corrected chi connectivity index (χ1v) is 10.1. The Morgan fingerprint density at radius 3 is 2.35 bits per heavy atom. The smallest absolute Gasteiger partial charge is 0.251 e. The molecule has 0 saturated carbocycles. The first-order chi connectivity index (χ1) is 12.4. The predicted octanol–water partition coefficient (Wildman–Crippen LogP) is 2.28. The molecular formula is C19H23N3O3S. The van der Waals surface area contributed by atoms with Gasteiger partial charge >= 0.3 is 0 Å². The summed E-state index contributed by atoms with van der Waals surface area (Å²) in [7, 11) is -3.49. The third kappa shape index (κ3) is 3.94. The van der Waals surface area contributed by atoms with Crippen LogP contribution in [0.15, 0.2) is 47.6 Å². The second-order valence-electron chi connectivity index (χ2n) is 6.63. The van der Waals surface area contributed by atoms with Crippen LogP contribution < -0.4 is 5.32 Å². The highest BCUT2D eigenvalue weighted by molar-refractivity contribution is 7.89. The van der Waals surface area contributed by atoms with Crippen LogP contribution in [0.25, 0.3) is 0 Å². The number of aryl methyl sites for hydroxylation is 2. The van der Waals surface area contributed by atoms with Crippen molar-refractivity contribution in [3.63, 3.8) is 0 Å². The van der Waals surface area contributed by atoms with E-state index in [2.05, 4.69) is 10.3 Å². The van der Waals surface area contributed by atoms with Crippen LogP contribution >= 0.6 is 0 Å². The van der Waals surface area contributed by atoms with Crippen LogP contribution in [0.4, 0.5) is 0 Å². The van der Waals surface area contributed by atoms with Gasteiger partial charge in [-0.2, -0.15) is 4.31 Å². The Labute approximate surface area is 154 Å². The monoisotopic (exact) mass is 373 g/mol. The summed E-state index contributed by atoms with van der Waals surface area (Å²) in [4.78, 5) is 16.4. The zero-order valence-corrected chi connectivity index (χ0v) is 15.8. The van der Waals surface area contributed by atoms with Gasteiger partial charge in [0.2, 0.25) is 10.0 Å². The second kappa shape index (κ2) is 7.55. The lowest BCUT2D eigenvalue weighted by molar-refractivity contribution is 0.0923. The molecule has 1 saturated heterocycles. The van der Waals surface area contributed by atoms with Crippen LogP contribution in [0.1, 0.15) is 34.3 Å². The number of nitrogens with one attached hydrogen (secondary N) is 1. The minimum absolute atomic E-state index is 0.0260. The van der Waals surface area contributed by atoms with Crippen LogP contribution in [-0.2, 0) is 10.0 Å². The van der Waals surface area contributed by atoms with E-state index >= 15 is 0 Å². The molecule has 7 heteroatoms. The Kier molecular flexibility index (Phi) is 5.38. The van der Waals surface area contributed by atoms with Crippen molar-refractivity contribution in [1.29, 1.82) is 0 Å². The molecule has 1 aliphatic heterocycles. The lowest BCUT2D eigenvalue weighted by Crippen LogP contribution is -2.46. The summed E-state index contributed by atoms with van der Waals surface area (Å²) in [5.41, 5.74) is 2.59. The van der Waals surface area contributed by atoms with Crippen LogP contribution in [0.5, 0.6) is 0 Å². The number of rotatable bonds is 4. The van der Waals surface area contributed by atoms with Crippen molar-refractivity contribution in [2.24, 2.45) is 0 Å². The lowest BCUT2D eigenvalue weighted by atomic mass is 10.1. The number of hydrogen-bond acceptors (Lipinski definition) is 4. The number of carbonyl (C=O) groups excluding carboxylic acids is 1. The van der Waals surface area contributed by atoms with Crippen LogP contribution in [0.3, 0.4) is 0 Å². The molecule has 0 bridgehead atoms. The lowest BCUT2D eigenvalue weighted by Gasteiger charge is -2.31. The summed E-state index contributed by atoms with van der Waals surface area (Å²) < 4.78 is 27.2. The summed E-state index contributed by atoms with van der Waals surface area (Å²) in [6.07, 6.45) is 4.35. The highest BCUT2D eigenvalue weighted by Gasteiger charge is 2.30. The fourth-order valence-electron chi connectivity index (χ4n) is 3.04. The number of benzene rings is 1. The number of pyridine rings is 1. The Bertz CT molecular complexity index is 890. The van der Waals surface area contributed by atoms with Crippen molar-refractivity contribution < 1.29 is 13.2 Å². The Balaban J connectivity index is 1.62. The van der Waals surface area contributed by atoms with Crippen LogP contribution in [-0.4, -0.2) is 42.7 Å². The third-order valence-electron chi connectivity index (χ3n) is 4.85. The van der Waals surface area contributed by atoms with Gasteiger partial charge in [-0.25, -0.2) is 8.42 Å². The average molecular weight is 373 g/mol. The number of amides is 1. The zero-order chi connectivity index (χ0) is 18.7. The molecule has 138 valence electrons. The quantitative estimate of drug-likeness (QED) is 0.892. The molecule has 0 unspecified atom stereocenters. The molecular weight excluding hydrogens is 350 g/mol. The van der Waals surface area contributed by atoms with Crippen molar-refractivity contribution in [2.45, 2.75) is 37.6 Å². The highest BCUT2D eigenvalue weighted by atomic mass is 32.2. The fraction of sp³-hybridized carbons (Fsp3) is 0.368. The molecule has 0 radical (unpaired) electrons. The van der Waals surface area contributed by atoms with E-state index < -0.39 is 10.0 Å². The summed E-state index contributed by atoms with van der Waals surface area (Å²) in [6, 6.07) is 8.52. The number of hydrogen-bond donors (Lipinski definition) is 1. The van der Waals surface area contributed by atoms with Gasteiger partial charge in [-0.05, 0) is 62.1 Å². The van der Waals surface area contributed by atoms with Crippen molar-refractivity contribution in [3.8, 4) is 0 Å². The summed E-state index contributed by atoms with van der Waals surface area (Å²) in [5.74, 6) is -0.150. The van der Waals surface area contributed by atoms with Crippen LogP contribution in [0.2, 0.25) is 0 Å². The maximum Gasteiger partial charge on any atom is 0.251 e. The number of sulfonamides is 1. The summed E-state index contributed by atoms with van der Waals surface area (Å²) >= 11 is 0. The van der Waals surface area contributed by atoms with Crippen LogP contribution in [0, 0.1) is 13.8 Å². The number of piperidine rings is 1. The SMILES string of the molecule is Cc1ccc(S(=O)(=O)N2CCC(NC(=O)c3ccncc3)CC2)cc1C. The van der Waals surface area contributed by atoms with E-state index in [1.165, 1.54) is 4.31 Å². The van der Waals surface area contributed by atoms with E-state index in [0.717, 1.165) is 11.1 Å². The van der Waals surface area contributed by atoms with Gasteiger partial charge < -0.3 is 5.32 Å². The molecule has 1 aliphatic rings. The van der Waals surface area contributed by atoms with Crippen molar-refractivity contribution in [3.05, 3.63) is 59.4 Å².